The van der Waals surface area contributed by atoms with Crippen molar-refractivity contribution in [3.8, 4) is 11.4 Å². The first-order valence-electron chi connectivity index (χ1n) is 7.33. The van der Waals surface area contributed by atoms with Crippen molar-refractivity contribution in [2.45, 2.75) is 39.3 Å². The minimum atomic E-state index is 0.137. The Morgan fingerprint density at radius 1 is 1.43 bits per heavy atom. The van der Waals surface area contributed by atoms with Crippen LogP contribution < -0.4 is 5.32 Å². The summed E-state index contributed by atoms with van der Waals surface area (Å²) in [5, 5.41) is 17.7. The Morgan fingerprint density at radius 3 is 2.95 bits per heavy atom. The van der Waals surface area contributed by atoms with E-state index in [1.807, 2.05) is 19.1 Å². The lowest BCUT2D eigenvalue weighted by atomic mass is 9.64. The van der Waals surface area contributed by atoms with Gasteiger partial charge < -0.3 is 10.1 Å². The van der Waals surface area contributed by atoms with Crippen LogP contribution in [-0.4, -0.2) is 39.4 Å². The maximum atomic E-state index is 5.77. The van der Waals surface area contributed by atoms with Gasteiger partial charge in [-0.05, 0) is 30.7 Å². The minimum absolute atomic E-state index is 0.137. The summed E-state index contributed by atoms with van der Waals surface area (Å²) in [5.41, 5.74) is 2.16. The molecule has 1 saturated carbocycles. The van der Waals surface area contributed by atoms with Crippen LogP contribution in [0.1, 0.15) is 27.2 Å². The Kier molecular flexibility index (Phi) is 3.63. The number of hydrogen-bond acceptors (Lipinski definition) is 5. The van der Waals surface area contributed by atoms with E-state index in [4.69, 9.17) is 4.74 Å². The smallest absolute Gasteiger partial charge is 0.204 e. The summed E-state index contributed by atoms with van der Waals surface area (Å²) in [4.78, 5) is 0. The fourth-order valence-corrected chi connectivity index (χ4v) is 2.85. The van der Waals surface area contributed by atoms with Crippen molar-refractivity contribution in [1.82, 2.24) is 20.6 Å². The van der Waals surface area contributed by atoms with E-state index in [1.54, 1.807) is 0 Å². The summed E-state index contributed by atoms with van der Waals surface area (Å²) in [5.74, 6) is 0.610. The average Bonchev–Trinajstić information content (AvgIpc) is 3.01. The van der Waals surface area contributed by atoms with Gasteiger partial charge in [-0.25, -0.2) is 0 Å². The van der Waals surface area contributed by atoms with Gasteiger partial charge in [0.2, 0.25) is 5.82 Å². The molecule has 0 saturated heterocycles. The zero-order valence-corrected chi connectivity index (χ0v) is 12.6. The van der Waals surface area contributed by atoms with Crippen LogP contribution in [-0.2, 0) is 4.74 Å². The van der Waals surface area contributed by atoms with E-state index in [0.717, 1.165) is 24.3 Å². The van der Waals surface area contributed by atoms with Gasteiger partial charge in [0.15, 0.2) is 0 Å². The van der Waals surface area contributed by atoms with Gasteiger partial charge >= 0.3 is 0 Å². The molecule has 112 valence electrons. The van der Waals surface area contributed by atoms with E-state index >= 15 is 0 Å². The first-order chi connectivity index (χ1) is 10.1. The number of ether oxygens (including phenoxy) is 1. The van der Waals surface area contributed by atoms with E-state index in [2.05, 4.69) is 51.9 Å². The van der Waals surface area contributed by atoms with Crippen molar-refractivity contribution in [2.24, 2.45) is 5.41 Å². The van der Waals surface area contributed by atoms with Crippen LogP contribution in [0.3, 0.4) is 0 Å². The van der Waals surface area contributed by atoms with Gasteiger partial charge in [0.1, 0.15) is 0 Å². The van der Waals surface area contributed by atoms with Crippen LogP contribution in [0.2, 0.25) is 0 Å². The molecule has 1 aliphatic carbocycles. The third kappa shape index (κ3) is 2.63. The number of H-pyrrole nitrogens is 1. The number of aromatic amines is 1. The van der Waals surface area contributed by atoms with Crippen LogP contribution >= 0.6 is 0 Å². The molecule has 0 spiro atoms. The summed E-state index contributed by atoms with van der Waals surface area (Å²) >= 11 is 0. The maximum Gasteiger partial charge on any atom is 0.204 e. The molecule has 1 heterocycles. The third-order valence-electron chi connectivity index (χ3n) is 4.35. The molecule has 2 aromatic rings. The number of anilines is 1. The molecule has 2 atom stereocenters. The highest BCUT2D eigenvalue weighted by molar-refractivity contribution is 5.62. The van der Waals surface area contributed by atoms with Crippen molar-refractivity contribution >= 4 is 5.69 Å². The second kappa shape index (κ2) is 5.44. The van der Waals surface area contributed by atoms with Gasteiger partial charge in [0.05, 0.1) is 6.10 Å². The molecule has 1 aliphatic rings. The summed E-state index contributed by atoms with van der Waals surface area (Å²) in [6.07, 6.45) is 1.37. The molecular formula is C15H21N5O. The van der Waals surface area contributed by atoms with E-state index < -0.39 is 0 Å². The number of tetrazole rings is 1. The summed E-state index contributed by atoms with van der Waals surface area (Å²) in [7, 11) is 0. The standard InChI is InChI=1S/C15H21N5O/c1-4-21-13-9-12(15(13,2)3)16-11-7-5-6-10(8-11)14-17-19-20-18-14/h5-8,12-13,16H,4,9H2,1-3H3,(H,17,18,19,20). The monoisotopic (exact) mass is 287 g/mol. The quantitative estimate of drug-likeness (QED) is 0.883. The van der Waals surface area contributed by atoms with Crippen molar-refractivity contribution < 1.29 is 4.74 Å². The molecule has 1 aromatic carbocycles. The Morgan fingerprint density at radius 2 is 2.29 bits per heavy atom. The fraction of sp³-hybridized carbons (Fsp3) is 0.533. The predicted molar refractivity (Wildman–Crippen MR) is 80.8 cm³/mol. The number of rotatable bonds is 5. The summed E-state index contributed by atoms with van der Waals surface area (Å²) in [6.45, 7) is 7.31. The van der Waals surface area contributed by atoms with E-state index in [9.17, 15) is 0 Å². The highest BCUT2D eigenvalue weighted by atomic mass is 16.5. The summed E-state index contributed by atoms with van der Waals surface area (Å²) in [6, 6.07) is 8.50. The molecule has 21 heavy (non-hydrogen) atoms. The van der Waals surface area contributed by atoms with Gasteiger partial charge in [0.25, 0.3) is 0 Å². The molecule has 2 N–H and O–H groups in total. The first kappa shape index (κ1) is 14.0. The number of nitrogens with one attached hydrogen (secondary N) is 2. The Labute approximate surface area is 124 Å². The predicted octanol–water partition coefficient (Wildman–Crippen LogP) is 2.48. The zero-order valence-electron chi connectivity index (χ0n) is 12.6. The second-order valence-corrected chi connectivity index (χ2v) is 6.01. The van der Waals surface area contributed by atoms with Gasteiger partial charge in [0, 0.05) is 29.3 Å². The number of aromatic nitrogens is 4. The van der Waals surface area contributed by atoms with Crippen molar-refractivity contribution in [2.75, 3.05) is 11.9 Å². The van der Waals surface area contributed by atoms with Crippen LogP contribution in [0.4, 0.5) is 5.69 Å². The molecule has 0 amide bonds. The number of benzene rings is 1. The largest absolute Gasteiger partial charge is 0.382 e. The molecule has 6 nitrogen and oxygen atoms in total. The summed E-state index contributed by atoms with van der Waals surface area (Å²) < 4.78 is 5.77. The molecule has 3 rings (SSSR count). The van der Waals surface area contributed by atoms with Gasteiger partial charge in [-0.2, -0.15) is 5.21 Å². The second-order valence-electron chi connectivity index (χ2n) is 6.01. The fourth-order valence-electron chi connectivity index (χ4n) is 2.85. The topological polar surface area (TPSA) is 75.7 Å². The Hall–Kier alpha value is -1.95. The minimum Gasteiger partial charge on any atom is -0.382 e. The number of nitrogens with zero attached hydrogens (tertiary/aromatic N) is 3. The van der Waals surface area contributed by atoms with Crippen molar-refractivity contribution in [1.29, 1.82) is 0 Å². The van der Waals surface area contributed by atoms with Crippen molar-refractivity contribution in [3.63, 3.8) is 0 Å². The highest BCUT2D eigenvalue weighted by Crippen LogP contribution is 2.44. The lowest BCUT2D eigenvalue weighted by Crippen LogP contribution is -2.58. The lowest BCUT2D eigenvalue weighted by molar-refractivity contribution is -0.0975. The van der Waals surface area contributed by atoms with Crippen LogP contribution in [0.25, 0.3) is 11.4 Å². The lowest BCUT2D eigenvalue weighted by Gasteiger charge is -2.52. The average molecular weight is 287 g/mol. The zero-order chi connectivity index (χ0) is 14.9. The molecular weight excluding hydrogens is 266 g/mol. The van der Waals surface area contributed by atoms with Gasteiger partial charge in [-0.1, -0.05) is 26.0 Å². The van der Waals surface area contributed by atoms with E-state index in [0.29, 0.717) is 18.0 Å². The third-order valence-corrected chi connectivity index (χ3v) is 4.35. The molecule has 6 heteroatoms. The highest BCUT2D eigenvalue weighted by Gasteiger charge is 2.48. The van der Waals surface area contributed by atoms with Crippen LogP contribution in [0.15, 0.2) is 24.3 Å². The normalized spacial score (nSPS) is 23.6. The SMILES string of the molecule is CCOC1CC(Nc2cccc(-c3nn[nH]n3)c2)C1(C)C. The van der Waals surface area contributed by atoms with Crippen molar-refractivity contribution in [3.05, 3.63) is 24.3 Å². The van der Waals surface area contributed by atoms with Crippen LogP contribution in [0, 0.1) is 5.41 Å². The molecule has 0 aliphatic heterocycles. The van der Waals surface area contributed by atoms with Gasteiger partial charge in [-0.3, -0.25) is 0 Å². The maximum absolute atomic E-state index is 5.77. The van der Waals surface area contributed by atoms with E-state index in [1.165, 1.54) is 0 Å². The molecule has 0 radical (unpaired) electrons. The van der Waals surface area contributed by atoms with Gasteiger partial charge in [-0.15, -0.1) is 10.2 Å². The first-order valence-corrected chi connectivity index (χ1v) is 7.33. The molecule has 2 unspecified atom stereocenters. The molecule has 0 bridgehead atoms. The Bertz CT molecular complexity index is 596. The Balaban J connectivity index is 1.71. The molecule has 1 aromatic heterocycles. The van der Waals surface area contributed by atoms with E-state index in [-0.39, 0.29) is 5.41 Å². The van der Waals surface area contributed by atoms with Crippen LogP contribution in [0.5, 0.6) is 0 Å². The molecule has 1 fully saturated rings. The number of hydrogen-bond donors (Lipinski definition) is 2.